The minimum Gasteiger partial charge on any atom is -0.364 e. The van der Waals surface area contributed by atoms with Gasteiger partial charge in [0.1, 0.15) is 0 Å². The summed E-state index contributed by atoms with van der Waals surface area (Å²) in [4.78, 5) is 7.32. The molecule has 0 amide bonds. The predicted octanol–water partition coefficient (Wildman–Crippen LogP) is 4.05. The van der Waals surface area contributed by atoms with E-state index in [1.807, 2.05) is 24.5 Å². The molecule has 9 heteroatoms. The van der Waals surface area contributed by atoms with Gasteiger partial charge < -0.3 is 10.2 Å². The second-order valence-corrected chi connectivity index (χ2v) is 11.2. The van der Waals surface area contributed by atoms with Crippen molar-refractivity contribution in [3.63, 3.8) is 0 Å². The summed E-state index contributed by atoms with van der Waals surface area (Å²) in [6.07, 6.45) is 5.59. The van der Waals surface area contributed by atoms with Crippen molar-refractivity contribution in [3.05, 3.63) is 79.3 Å². The Morgan fingerprint density at radius 2 is 1.57 bits per heavy atom. The van der Waals surface area contributed by atoms with E-state index in [1.165, 1.54) is 5.69 Å². The molecule has 0 radical (unpaired) electrons. The number of anilines is 1. The van der Waals surface area contributed by atoms with Gasteiger partial charge in [0.25, 0.3) is 0 Å². The van der Waals surface area contributed by atoms with E-state index in [-0.39, 0.29) is 4.90 Å². The smallest absolute Gasteiger partial charge is 0.238 e. The molecule has 0 spiro atoms. The second kappa shape index (κ2) is 8.95. The van der Waals surface area contributed by atoms with Crippen LogP contribution in [0.1, 0.15) is 13.8 Å². The number of primary sulfonamides is 1. The van der Waals surface area contributed by atoms with E-state index in [4.69, 9.17) is 10.1 Å². The van der Waals surface area contributed by atoms with Gasteiger partial charge in [0, 0.05) is 59.8 Å². The van der Waals surface area contributed by atoms with Crippen molar-refractivity contribution in [2.24, 2.45) is 5.14 Å². The number of aromatic nitrogens is 3. The zero-order valence-corrected chi connectivity index (χ0v) is 21.5. The summed E-state index contributed by atoms with van der Waals surface area (Å²) in [7, 11) is -3.85. The van der Waals surface area contributed by atoms with E-state index < -0.39 is 10.0 Å². The highest BCUT2D eigenvalue weighted by Crippen LogP contribution is 2.34. The Balaban J connectivity index is 1.37. The molecule has 0 aliphatic carbocycles. The van der Waals surface area contributed by atoms with Crippen LogP contribution in [0.5, 0.6) is 0 Å². The van der Waals surface area contributed by atoms with Crippen molar-refractivity contribution in [1.29, 1.82) is 0 Å². The van der Waals surface area contributed by atoms with Crippen molar-refractivity contribution in [2.45, 2.75) is 30.8 Å². The van der Waals surface area contributed by atoms with E-state index in [9.17, 15) is 8.42 Å². The number of fused-ring (bicyclic) bond motifs is 2. The van der Waals surface area contributed by atoms with Crippen LogP contribution in [0.15, 0.2) is 84.1 Å². The fourth-order valence-corrected chi connectivity index (χ4v) is 6.18. The molecular weight excluding hydrogens is 484 g/mol. The number of nitrogens with one attached hydrogen (secondary N) is 1. The lowest BCUT2D eigenvalue weighted by atomic mass is 10.00. The molecule has 2 atom stereocenters. The maximum Gasteiger partial charge on any atom is 0.238 e. The van der Waals surface area contributed by atoms with Gasteiger partial charge in [-0.15, -0.1) is 0 Å². The van der Waals surface area contributed by atoms with Crippen LogP contribution >= 0.6 is 0 Å². The average Bonchev–Trinajstić information content (AvgIpc) is 3.31. The highest BCUT2D eigenvalue weighted by Gasteiger charge is 2.24. The van der Waals surface area contributed by atoms with Crippen LogP contribution in [0.4, 0.5) is 5.69 Å². The lowest BCUT2D eigenvalue weighted by molar-refractivity contribution is 0.432. The first-order valence-corrected chi connectivity index (χ1v) is 13.8. The molecule has 0 bridgehead atoms. The van der Waals surface area contributed by atoms with Crippen molar-refractivity contribution in [3.8, 4) is 22.3 Å². The van der Waals surface area contributed by atoms with Crippen molar-refractivity contribution >= 4 is 32.1 Å². The second-order valence-electron chi connectivity index (χ2n) is 9.68. The number of sulfonamides is 1. The number of piperazine rings is 1. The molecule has 37 heavy (non-hydrogen) atoms. The molecule has 3 aromatic carbocycles. The number of nitrogens with zero attached hydrogens (tertiary/aromatic N) is 4. The number of hydrogen-bond acceptors (Lipinski definition) is 6. The third kappa shape index (κ3) is 4.15. The van der Waals surface area contributed by atoms with E-state index in [2.05, 4.69) is 53.4 Å². The van der Waals surface area contributed by atoms with E-state index in [1.54, 1.807) is 35.0 Å². The average molecular weight is 513 g/mol. The Labute approximate surface area is 215 Å². The summed E-state index contributed by atoms with van der Waals surface area (Å²) in [6.45, 7) is 6.45. The Morgan fingerprint density at radius 1 is 0.865 bits per heavy atom. The fraction of sp³-hybridized carbons (Fsp3) is 0.214. The first-order valence-electron chi connectivity index (χ1n) is 12.3. The lowest BCUT2D eigenvalue weighted by Gasteiger charge is -2.41. The number of hydrogen-bond donors (Lipinski definition) is 2. The molecule has 0 saturated carbocycles. The normalized spacial score (nSPS) is 18.5. The molecule has 1 saturated heterocycles. The quantitative estimate of drug-likeness (QED) is 0.376. The zero-order chi connectivity index (χ0) is 25.7. The topological polar surface area (TPSA) is 106 Å². The van der Waals surface area contributed by atoms with E-state index >= 15 is 0 Å². The van der Waals surface area contributed by atoms with Gasteiger partial charge in [-0.3, -0.25) is 0 Å². The number of rotatable bonds is 4. The molecule has 1 aliphatic rings. The van der Waals surface area contributed by atoms with Crippen LogP contribution in [0.25, 0.3) is 38.7 Å². The molecule has 3 N–H and O–H groups in total. The molecular formula is C28H28N6O2S. The molecule has 1 fully saturated rings. The summed E-state index contributed by atoms with van der Waals surface area (Å²) in [5, 5.41) is 14.9. The van der Waals surface area contributed by atoms with Gasteiger partial charge >= 0.3 is 0 Å². The SMILES string of the molecule is CC1CNCC(C)N1c1ccc(-c2cnc3c(-c4ccc(S(N)(=O)=O)c5ccccc45)cnn3c2)cc1. The van der Waals surface area contributed by atoms with Gasteiger partial charge in [0.05, 0.1) is 11.1 Å². The van der Waals surface area contributed by atoms with Crippen LogP contribution in [0, 0.1) is 0 Å². The Kier molecular flexibility index (Phi) is 5.71. The van der Waals surface area contributed by atoms with Crippen LogP contribution in [0.2, 0.25) is 0 Å². The maximum atomic E-state index is 12.1. The Bertz CT molecular complexity index is 1720. The first-order chi connectivity index (χ1) is 17.8. The third-order valence-electron chi connectivity index (χ3n) is 7.17. The maximum absolute atomic E-state index is 12.1. The molecule has 188 valence electrons. The summed E-state index contributed by atoms with van der Waals surface area (Å²) >= 11 is 0. The number of nitrogens with two attached hydrogens (primary N) is 1. The highest BCUT2D eigenvalue weighted by atomic mass is 32.2. The van der Waals surface area contributed by atoms with Crippen molar-refractivity contribution in [1.82, 2.24) is 19.9 Å². The van der Waals surface area contributed by atoms with Crippen molar-refractivity contribution < 1.29 is 8.42 Å². The van der Waals surface area contributed by atoms with Crippen molar-refractivity contribution in [2.75, 3.05) is 18.0 Å². The first kappa shape index (κ1) is 23.6. The molecule has 8 nitrogen and oxygen atoms in total. The Hall–Kier alpha value is -3.79. The van der Waals surface area contributed by atoms with E-state index in [0.717, 1.165) is 40.7 Å². The molecule has 1 aliphatic heterocycles. The summed E-state index contributed by atoms with van der Waals surface area (Å²) in [6, 6.07) is 20.1. The van der Waals surface area contributed by atoms with Gasteiger partial charge in [-0.1, -0.05) is 42.5 Å². The fourth-order valence-electron chi connectivity index (χ4n) is 5.44. The van der Waals surface area contributed by atoms with E-state index in [0.29, 0.717) is 23.1 Å². The minimum atomic E-state index is -3.85. The number of benzene rings is 3. The molecule has 2 unspecified atom stereocenters. The summed E-state index contributed by atoms with van der Waals surface area (Å²) in [5.41, 5.74) is 5.61. The van der Waals surface area contributed by atoms with Crippen LogP contribution in [0.3, 0.4) is 0 Å². The molecule has 6 rings (SSSR count). The Morgan fingerprint density at radius 3 is 2.27 bits per heavy atom. The largest absolute Gasteiger partial charge is 0.364 e. The standard InChI is InChI=1S/C28H28N6O2S/c1-18-13-30-14-19(2)34(18)22-9-7-20(8-10-22)21-15-31-28-26(16-32-33(28)17-21)24-11-12-27(37(29,35)36)25-6-4-3-5-23(24)25/h3-12,15-19,30H,13-14H2,1-2H3,(H2,29,35,36). The highest BCUT2D eigenvalue weighted by molar-refractivity contribution is 7.89. The molecule has 3 heterocycles. The van der Waals surface area contributed by atoms with Crippen LogP contribution < -0.4 is 15.4 Å². The minimum absolute atomic E-state index is 0.103. The van der Waals surface area contributed by atoms with Gasteiger partial charge in [0.2, 0.25) is 10.0 Å². The van der Waals surface area contributed by atoms with Crippen LogP contribution in [-0.4, -0.2) is 48.2 Å². The van der Waals surface area contributed by atoms with Gasteiger partial charge in [-0.25, -0.2) is 23.1 Å². The molecule has 5 aromatic rings. The zero-order valence-electron chi connectivity index (χ0n) is 20.7. The summed E-state index contributed by atoms with van der Waals surface area (Å²) < 4.78 is 26.0. The lowest BCUT2D eigenvalue weighted by Crippen LogP contribution is -2.55. The predicted molar refractivity (Wildman–Crippen MR) is 147 cm³/mol. The van der Waals surface area contributed by atoms with Gasteiger partial charge in [0.15, 0.2) is 5.65 Å². The molecule has 2 aromatic heterocycles. The van der Waals surface area contributed by atoms with Gasteiger partial charge in [-0.2, -0.15) is 5.10 Å². The third-order valence-corrected chi connectivity index (χ3v) is 8.13. The van der Waals surface area contributed by atoms with Crippen LogP contribution in [-0.2, 0) is 10.0 Å². The monoisotopic (exact) mass is 512 g/mol. The summed E-state index contributed by atoms with van der Waals surface area (Å²) in [5.74, 6) is 0. The van der Waals surface area contributed by atoms with Gasteiger partial charge in [-0.05, 0) is 48.6 Å².